The predicted molar refractivity (Wildman–Crippen MR) is 100.0 cm³/mol. The van der Waals surface area contributed by atoms with Crippen molar-refractivity contribution in [3.8, 4) is 0 Å². The molecule has 1 aromatic rings. The van der Waals surface area contributed by atoms with E-state index < -0.39 is 5.60 Å². The lowest BCUT2D eigenvalue weighted by molar-refractivity contribution is 0.00713. The van der Waals surface area contributed by atoms with Gasteiger partial charge < -0.3 is 10.5 Å². The van der Waals surface area contributed by atoms with Gasteiger partial charge in [-0.05, 0) is 38.1 Å². The minimum atomic E-state index is -0.467. The smallest absolute Gasteiger partial charge is 0.341 e. The standard InChI is InChI=1S/C10H20.C9H13NO2S/c1-2-3-7-10-8-5-4-6-9-10;1-9(2,3)12-8(11)6-4-5-13-7(6)10/h10H,2-9H2,1H3;4-5H,10H2,1-3H3. The molecule has 2 N–H and O–H groups in total. The van der Waals surface area contributed by atoms with Crippen LogP contribution in [0.1, 0.15) is 89.4 Å². The highest BCUT2D eigenvalue weighted by atomic mass is 32.1. The molecular formula is C19H33NO2S. The molecule has 0 aromatic carbocycles. The van der Waals surface area contributed by atoms with Crippen LogP contribution in [-0.2, 0) is 4.74 Å². The first-order valence-electron chi connectivity index (χ1n) is 8.89. The van der Waals surface area contributed by atoms with Gasteiger partial charge >= 0.3 is 5.97 Å². The van der Waals surface area contributed by atoms with E-state index in [0.29, 0.717) is 10.6 Å². The summed E-state index contributed by atoms with van der Waals surface area (Å²) in [6, 6.07) is 1.67. The van der Waals surface area contributed by atoms with Crippen molar-refractivity contribution in [1.29, 1.82) is 0 Å². The molecule has 1 aliphatic rings. The largest absolute Gasteiger partial charge is 0.456 e. The summed E-state index contributed by atoms with van der Waals surface area (Å²) >= 11 is 1.34. The molecule has 0 aliphatic heterocycles. The van der Waals surface area contributed by atoms with Crippen LogP contribution < -0.4 is 5.73 Å². The zero-order chi connectivity index (χ0) is 17.3. The van der Waals surface area contributed by atoms with E-state index in [1.54, 1.807) is 11.4 Å². The normalized spacial score (nSPS) is 15.7. The van der Waals surface area contributed by atoms with Gasteiger partial charge in [-0.1, -0.05) is 58.3 Å². The molecule has 132 valence electrons. The summed E-state index contributed by atoms with van der Waals surface area (Å²) in [4.78, 5) is 11.4. The molecule has 1 saturated carbocycles. The second kappa shape index (κ2) is 9.96. The number of nitrogen functional groups attached to an aromatic ring is 1. The molecule has 0 amide bonds. The van der Waals surface area contributed by atoms with Gasteiger partial charge in [-0.3, -0.25) is 0 Å². The lowest BCUT2D eigenvalue weighted by atomic mass is 9.86. The third-order valence-electron chi connectivity index (χ3n) is 4.00. The van der Waals surface area contributed by atoms with Gasteiger partial charge in [0.05, 0.1) is 5.56 Å². The van der Waals surface area contributed by atoms with Crippen LogP contribution in [0, 0.1) is 5.92 Å². The average molecular weight is 340 g/mol. The van der Waals surface area contributed by atoms with E-state index in [2.05, 4.69) is 6.92 Å². The molecule has 4 heteroatoms. The van der Waals surface area contributed by atoms with Crippen molar-refractivity contribution in [3.63, 3.8) is 0 Å². The first-order chi connectivity index (χ1) is 10.8. The minimum Gasteiger partial charge on any atom is -0.456 e. The van der Waals surface area contributed by atoms with Gasteiger partial charge in [-0.2, -0.15) is 0 Å². The van der Waals surface area contributed by atoms with Crippen LogP contribution in [0.4, 0.5) is 5.00 Å². The second-order valence-corrected chi connectivity index (χ2v) is 8.29. The maximum Gasteiger partial charge on any atom is 0.341 e. The molecule has 23 heavy (non-hydrogen) atoms. The Labute approximate surface area is 145 Å². The van der Waals surface area contributed by atoms with E-state index in [4.69, 9.17) is 10.5 Å². The number of hydrogen-bond acceptors (Lipinski definition) is 4. The average Bonchev–Trinajstić information content (AvgIpc) is 2.91. The van der Waals surface area contributed by atoms with Crippen molar-refractivity contribution < 1.29 is 9.53 Å². The van der Waals surface area contributed by atoms with E-state index in [-0.39, 0.29) is 5.97 Å². The van der Waals surface area contributed by atoms with Crippen molar-refractivity contribution in [3.05, 3.63) is 17.0 Å². The van der Waals surface area contributed by atoms with Crippen molar-refractivity contribution in [2.45, 2.75) is 84.7 Å². The Hall–Kier alpha value is -1.03. The number of hydrogen-bond donors (Lipinski definition) is 1. The zero-order valence-corrected chi connectivity index (χ0v) is 16.0. The van der Waals surface area contributed by atoms with Crippen LogP contribution in [0.25, 0.3) is 0 Å². The maximum atomic E-state index is 11.4. The highest BCUT2D eigenvalue weighted by molar-refractivity contribution is 7.14. The van der Waals surface area contributed by atoms with Gasteiger partial charge in [-0.25, -0.2) is 4.79 Å². The van der Waals surface area contributed by atoms with Crippen LogP contribution in [-0.4, -0.2) is 11.6 Å². The summed E-state index contributed by atoms with van der Waals surface area (Å²) < 4.78 is 5.15. The van der Waals surface area contributed by atoms with E-state index in [0.717, 1.165) is 5.92 Å². The van der Waals surface area contributed by atoms with Crippen molar-refractivity contribution in [2.75, 3.05) is 5.73 Å². The SMILES string of the molecule is CC(C)(C)OC(=O)c1ccsc1N.CCCCC1CCCCC1. The first-order valence-corrected chi connectivity index (χ1v) is 9.77. The summed E-state index contributed by atoms with van der Waals surface area (Å²) in [5, 5.41) is 2.28. The van der Waals surface area contributed by atoms with E-state index in [1.807, 2.05) is 20.8 Å². The third kappa shape index (κ3) is 8.40. The summed E-state index contributed by atoms with van der Waals surface area (Å²) in [7, 11) is 0. The fraction of sp³-hybridized carbons (Fsp3) is 0.737. The zero-order valence-electron chi connectivity index (χ0n) is 15.2. The van der Waals surface area contributed by atoms with Gasteiger partial charge in [0.1, 0.15) is 10.6 Å². The number of ether oxygens (including phenoxy) is 1. The Bertz CT molecular complexity index is 456. The topological polar surface area (TPSA) is 52.3 Å². The number of thiophene rings is 1. The Kier molecular flexibility index (Phi) is 8.67. The maximum absolute atomic E-state index is 11.4. The molecule has 2 rings (SSSR count). The Morgan fingerprint density at radius 2 is 1.96 bits per heavy atom. The molecule has 3 nitrogen and oxygen atoms in total. The van der Waals surface area contributed by atoms with Crippen molar-refractivity contribution >= 4 is 22.3 Å². The molecule has 0 saturated heterocycles. The molecule has 1 heterocycles. The highest BCUT2D eigenvalue weighted by Gasteiger charge is 2.19. The van der Waals surface area contributed by atoms with Gasteiger partial charge in [0.2, 0.25) is 0 Å². The molecule has 0 bridgehead atoms. The summed E-state index contributed by atoms with van der Waals surface area (Å²) in [6.07, 6.45) is 11.9. The van der Waals surface area contributed by atoms with Crippen LogP contribution in [0.15, 0.2) is 11.4 Å². The molecule has 1 fully saturated rings. The molecule has 1 aliphatic carbocycles. The number of carbonyl (C=O) groups is 1. The van der Waals surface area contributed by atoms with Crippen LogP contribution in [0.3, 0.4) is 0 Å². The van der Waals surface area contributed by atoms with Crippen molar-refractivity contribution in [2.24, 2.45) is 5.92 Å². The van der Waals surface area contributed by atoms with E-state index >= 15 is 0 Å². The molecule has 0 unspecified atom stereocenters. The number of nitrogens with two attached hydrogens (primary N) is 1. The molecule has 1 aromatic heterocycles. The first kappa shape index (κ1) is 20.0. The molecular weight excluding hydrogens is 306 g/mol. The van der Waals surface area contributed by atoms with Gasteiger partial charge in [0, 0.05) is 0 Å². The monoisotopic (exact) mass is 339 g/mol. The quantitative estimate of drug-likeness (QED) is 0.680. The lowest BCUT2D eigenvalue weighted by Crippen LogP contribution is -2.24. The summed E-state index contributed by atoms with van der Waals surface area (Å²) in [5.41, 5.74) is 5.57. The summed E-state index contributed by atoms with van der Waals surface area (Å²) in [6.45, 7) is 7.78. The second-order valence-electron chi connectivity index (χ2n) is 7.35. The third-order valence-corrected chi connectivity index (χ3v) is 4.75. The van der Waals surface area contributed by atoms with Gasteiger partial charge in [0.25, 0.3) is 0 Å². The Morgan fingerprint density at radius 1 is 1.30 bits per heavy atom. The fourth-order valence-corrected chi connectivity index (χ4v) is 3.42. The number of unbranched alkanes of at least 4 members (excludes halogenated alkanes) is 1. The lowest BCUT2D eigenvalue weighted by Gasteiger charge is -2.20. The number of anilines is 1. The van der Waals surface area contributed by atoms with Crippen LogP contribution in [0.2, 0.25) is 0 Å². The predicted octanol–water partition coefficient (Wildman–Crippen LogP) is 6.04. The van der Waals surface area contributed by atoms with Crippen LogP contribution >= 0.6 is 11.3 Å². The Morgan fingerprint density at radius 3 is 2.43 bits per heavy atom. The van der Waals surface area contributed by atoms with Gasteiger partial charge in [-0.15, -0.1) is 11.3 Å². The Balaban J connectivity index is 0.000000238. The van der Waals surface area contributed by atoms with Crippen molar-refractivity contribution in [1.82, 2.24) is 0 Å². The highest BCUT2D eigenvalue weighted by Crippen LogP contribution is 2.27. The number of carbonyl (C=O) groups excluding carboxylic acids is 1. The number of rotatable bonds is 4. The van der Waals surface area contributed by atoms with Crippen LogP contribution in [0.5, 0.6) is 0 Å². The fourth-order valence-electron chi connectivity index (χ4n) is 2.79. The molecule has 0 radical (unpaired) electrons. The number of esters is 1. The van der Waals surface area contributed by atoms with Gasteiger partial charge in [0.15, 0.2) is 0 Å². The van der Waals surface area contributed by atoms with E-state index in [9.17, 15) is 4.79 Å². The van der Waals surface area contributed by atoms with E-state index in [1.165, 1.54) is 62.7 Å². The molecule has 0 atom stereocenters. The summed E-state index contributed by atoms with van der Waals surface area (Å²) in [5.74, 6) is 0.750. The molecule has 0 spiro atoms. The minimum absolute atomic E-state index is 0.355.